The van der Waals surface area contributed by atoms with Crippen LogP contribution in [0.25, 0.3) is 11.5 Å². The Kier molecular flexibility index (Phi) is 18.5. The molecule has 13 heteroatoms. The molecule has 1 aliphatic rings. The number of alkyl halides is 3. The number of fused-ring (bicyclic) bond motifs is 1. The number of aromatic nitrogens is 2. The summed E-state index contributed by atoms with van der Waals surface area (Å²) in [6.07, 6.45) is 4.76. The Morgan fingerprint density at radius 2 is 1.80 bits per heavy atom. The molecule has 0 amide bonds. The number of hydrogen-bond donors (Lipinski definition) is 1. The van der Waals surface area contributed by atoms with Crippen molar-refractivity contribution in [1.29, 1.82) is 0 Å². The Morgan fingerprint density at radius 3 is 2.34 bits per heavy atom. The van der Waals surface area contributed by atoms with Gasteiger partial charge in [0.1, 0.15) is 11.8 Å². The number of aryl methyl sites for hydroxylation is 1. The third-order valence-corrected chi connectivity index (χ3v) is 4.75. The first-order valence-electron chi connectivity index (χ1n) is 10.7. The molecule has 1 unspecified atom stereocenters. The van der Waals surface area contributed by atoms with Crippen LogP contribution < -0.4 is 10.4 Å². The molecule has 0 spiro atoms. The van der Waals surface area contributed by atoms with Gasteiger partial charge in [0.2, 0.25) is 0 Å². The third-order valence-electron chi connectivity index (χ3n) is 4.75. The number of carboxylic acid groups (broad SMARTS) is 1. The average molecular weight is 743 g/mol. The Balaban J connectivity index is 0.000000744. The first-order valence-corrected chi connectivity index (χ1v) is 15.6. The van der Waals surface area contributed by atoms with Gasteiger partial charge >= 0.3 is 37.2 Å². The predicted octanol–water partition coefficient (Wildman–Crippen LogP) is 4.84. The van der Waals surface area contributed by atoms with Crippen LogP contribution in [-0.2, 0) is 33.9 Å². The van der Waals surface area contributed by atoms with Crippen molar-refractivity contribution in [2.45, 2.75) is 50.7 Å². The number of carbonyl (C=O) groups excluding carboxylic acids is 2. The fraction of sp³-hybridized carbons (Fsp3) is 0.500. The molecule has 1 aromatic carbocycles. The monoisotopic (exact) mass is 742 g/mol. The fourth-order valence-electron chi connectivity index (χ4n) is 3.11. The van der Waals surface area contributed by atoms with Crippen LogP contribution in [0, 0.1) is 0 Å². The molecule has 0 fully saturated rings. The predicted molar refractivity (Wildman–Crippen MR) is 126 cm³/mol. The summed E-state index contributed by atoms with van der Waals surface area (Å²) in [6.45, 7) is 2.39. The van der Waals surface area contributed by atoms with Crippen LogP contribution in [0.5, 0.6) is 0 Å². The average Bonchev–Trinajstić information content (AvgIpc) is 3.52. The molecule has 1 atom stereocenters. The molecular formula is C22H29BrF3N5O3Pt-3. The number of ketones is 1. The number of carboxylic acids is 1. The van der Waals surface area contributed by atoms with Crippen LogP contribution in [0.15, 0.2) is 43.0 Å². The van der Waals surface area contributed by atoms with Gasteiger partial charge in [0.25, 0.3) is 0 Å². The Bertz CT molecular complexity index is 840. The Labute approximate surface area is 221 Å². The summed E-state index contributed by atoms with van der Waals surface area (Å²) >= 11 is 4.86. The summed E-state index contributed by atoms with van der Waals surface area (Å²) in [5, 5.41) is 12.2. The zero-order chi connectivity index (χ0) is 26.7. The summed E-state index contributed by atoms with van der Waals surface area (Å²) in [4.78, 5) is 24.8. The quantitative estimate of drug-likeness (QED) is 0.367. The van der Waals surface area contributed by atoms with Crippen molar-refractivity contribution in [1.82, 2.24) is 9.55 Å². The van der Waals surface area contributed by atoms with E-state index in [0.29, 0.717) is 24.5 Å². The number of imidazole rings is 1. The second-order valence-electron chi connectivity index (χ2n) is 7.29. The van der Waals surface area contributed by atoms with E-state index in [4.69, 9.17) is 21.4 Å². The van der Waals surface area contributed by atoms with E-state index in [2.05, 4.69) is 52.4 Å². The van der Waals surface area contributed by atoms with Crippen LogP contribution in [0.2, 0.25) is 0 Å². The summed E-state index contributed by atoms with van der Waals surface area (Å²) in [6, 6.07) is 8.43. The van der Waals surface area contributed by atoms with E-state index in [1.807, 2.05) is 30.3 Å². The van der Waals surface area contributed by atoms with E-state index in [1.165, 1.54) is 11.3 Å². The van der Waals surface area contributed by atoms with Crippen molar-refractivity contribution in [3.8, 4) is 0 Å². The van der Waals surface area contributed by atoms with Gasteiger partial charge < -0.3 is 31.3 Å². The molecular weight excluding hydrogens is 714 g/mol. The topological polar surface area (TPSA) is 135 Å². The summed E-state index contributed by atoms with van der Waals surface area (Å²) in [5.74, 6) is -2.12. The largest absolute Gasteiger partial charge is 0.679 e. The van der Waals surface area contributed by atoms with Gasteiger partial charge in [0, 0.05) is 49.9 Å². The standard InChI is InChI=1S/C18H23N3O.C2HF3O2.C2H6N2.BrH.Pt/c22-16(5-3-4-11-21-12-10-19-14-21)9-8-15-13-20-18-7-2-1-6-17(15)18;3-2(4,5)1(6)7;3-1-2-4;;/h1-2,6-7,10,12,14-15,20H,3-5,8-9,11,13H2;(H,6,7);3-4H,1-2H2;1H;/q;;-2;;+1/p-2. The van der Waals surface area contributed by atoms with Crippen LogP contribution in [0.3, 0.4) is 0 Å². The van der Waals surface area contributed by atoms with Gasteiger partial charge in [-0.2, -0.15) is 26.3 Å². The van der Waals surface area contributed by atoms with E-state index in [0.717, 1.165) is 32.4 Å². The number of rotatable bonds is 9. The zero-order valence-electron chi connectivity index (χ0n) is 18.9. The number of nitrogens with zero attached hydrogens (tertiary/aromatic N) is 2. The van der Waals surface area contributed by atoms with Crippen LogP contribution in [0.4, 0.5) is 18.9 Å². The van der Waals surface area contributed by atoms with Crippen molar-refractivity contribution in [2.24, 2.45) is 0 Å². The van der Waals surface area contributed by atoms with Gasteiger partial charge in [0.15, 0.2) is 0 Å². The second-order valence-corrected chi connectivity index (χ2v) is 7.29. The zero-order valence-corrected chi connectivity index (χ0v) is 22.8. The molecule has 2 heterocycles. The van der Waals surface area contributed by atoms with Crippen molar-refractivity contribution < 1.29 is 45.6 Å². The molecule has 0 bridgehead atoms. The van der Waals surface area contributed by atoms with Crippen molar-refractivity contribution in [3.05, 3.63) is 60.0 Å². The number of aliphatic carboxylic acids is 1. The third kappa shape index (κ3) is 15.1. The number of hydrogen-bond acceptors (Lipinski definition) is 5. The summed E-state index contributed by atoms with van der Waals surface area (Å²) in [7, 11) is 0. The second kappa shape index (κ2) is 19.4. The molecule has 0 aliphatic carbocycles. The Morgan fingerprint density at radius 1 is 1.17 bits per heavy atom. The minimum Gasteiger partial charge on any atom is -0.679 e. The SMILES string of the molecule is O=C(CCCCn1ccnc1)CCC1CNc2ccccc21.O=C([O-])C(F)(F)F.[Br][Pt].[NH-]CC[NH-]. The molecule has 8 nitrogen and oxygen atoms in total. The van der Waals surface area contributed by atoms with Crippen LogP contribution in [-0.4, -0.2) is 47.1 Å². The van der Waals surface area contributed by atoms with Crippen molar-refractivity contribution in [3.63, 3.8) is 0 Å². The minimum absolute atomic E-state index is 0.236. The van der Waals surface area contributed by atoms with Gasteiger partial charge in [-0.25, -0.2) is 4.98 Å². The number of benzene rings is 1. The van der Waals surface area contributed by atoms with E-state index in [1.54, 1.807) is 6.20 Å². The fourth-order valence-corrected chi connectivity index (χ4v) is 3.11. The maximum Gasteiger partial charge on any atom is -0.171 e. The molecule has 0 radical (unpaired) electrons. The first kappa shape index (κ1) is 33.2. The van der Waals surface area contributed by atoms with E-state index < -0.39 is 12.1 Å². The van der Waals surface area contributed by atoms with E-state index >= 15 is 0 Å². The number of Topliss-reactive ketones (excluding diaryl/α,β-unsaturated/α-hetero) is 1. The first-order chi connectivity index (χ1) is 16.7. The minimum atomic E-state index is -5.19. The smallest absolute Gasteiger partial charge is 0.171 e. The number of para-hydroxylation sites is 1. The number of carbonyl (C=O) groups is 2. The number of halogens is 4. The summed E-state index contributed by atoms with van der Waals surface area (Å²) < 4.78 is 33.6. The van der Waals surface area contributed by atoms with Crippen LogP contribution in [0.1, 0.15) is 43.6 Å². The molecule has 35 heavy (non-hydrogen) atoms. The Hall–Kier alpha value is -1.75. The number of nitrogens with one attached hydrogen (secondary N) is 3. The number of unbranched alkanes of at least 4 members (excludes halogenated alkanes) is 1. The van der Waals surface area contributed by atoms with Crippen LogP contribution >= 0.6 is 13.3 Å². The summed E-state index contributed by atoms with van der Waals surface area (Å²) in [5.41, 5.74) is 15.1. The molecule has 201 valence electrons. The van der Waals surface area contributed by atoms with E-state index in [-0.39, 0.29) is 13.1 Å². The maximum absolute atomic E-state index is 12.0. The molecule has 1 aromatic heterocycles. The van der Waals surface area contributed by atoms with Gasteiger partial charge in [0.05, 0.1) is 6.33 Å². The molecule has 0 saturated carbocycles. The molecule has 3 N–H and O–H groups in total. The van der Waals surface area contributed by atoms with Crippen molar-refractivity contribution in [2.75, 3.05) is 25.0 Å². The van der Waals surface area contributed by atoms with Gasteiger partial charge in [-0.1, -0.05) is 18.2 Å². The van der Waals surface area contributed by atoms with Crippen molar-refractivity contribution >= 4 is 30.7 Å². The maximum atomic E-state index is 12.0. The molecule has 0 saturated heterocycles. The molecule has 2 aromatic rings. The number of anilines is 1. The molecule has 3 rings (SSSR count). The van der Waals surface area contributed by atoms with E-state index in [9.17, 15) is 18.0 Å². The van der Waals surface area contributed by atoms with Gasteiger partial charge in [-0.15, -0.1) is 0 Å². The normalized spacial score (nSPS) is 13.5. The van der Waals surface area contributed by atoms with Gasteiger partial charge in [-0.05, 0) is 30.9 Å². The molecule has 1 aliphatic heterocycles. The van der Waals surface area contributed by atoms with Gasteiger partial charge in [-0.3, -0.25) is 4.79 Å².